The van der Waals surface area contributed by atoms with Crippen LogP contribution in [0, 0.1) is 5.92 Å². The Kier molecular flexibility index (Phi) is 3.28. The summed E-state index contributed by atoms with van der Waals surface area (Å²) in [5, 5.41) is 19.0. The lowest BCUT2D eigenvalue weighted by atomic mass is 10.0. The Hall–Kier alpha value is -1.62. The molecule has 1 fully saturated rings. The number of carbonyl (C=O) groups excluding carboxylic acids is 1. The molecule has 0 radical (unpaired) electrons. The molecular weight excluding hydrogens is 220 g/mol. The van der Waals surface area contributed by atoms with E-state index >= 15 is 0 Å². The fraction of sp³-hybridized carbons (Fsp3) is 0.500. The van der Waals surface area contributed by atoms with E-state index in [9.17, 15) is 15.0 Å². The van der Waals surface area contributed by atoms with Gasteiger partial charge in [-0.3, -0.25) is 9.78 Å². The number of aliphatic hydroxyl groups is 1. The molecule has 1 aliphatic rings. The van der Waals surface area contributed by atoms with Gasteiger partial charge in [0, 0.05) is 25.2 Å². The summed E-state index contributed by atoms with van der Waals surface area (Å²) in [7, 11) is 0. The molecule has 0 aliphatic carbocycles. The second-order valence-corrected chi connectivity index (χ2v) is 4.43. The predicted molar refractivity (Wildman–Crippen MR) is 61.6 cm³/mol. The van der Waals surface area contributed by atoms with Gasteiger partial charge >= 0.3 is 0 Å². The van der Waals surface area contributed by atoms with Gasteiger partial charge in [-0.2, -0.15) is 0 Å². The summed E-state index contributed by atoms with van der Waals surface area (Å²) in [4.78, 5) is 17.5. The maximum absolute atomic E-state index is 12.1. The van der Waals surface area contributed by atoms with E-state index in [2.05, 4.69) is 4.98 Å². The maximum Gasteiger partial charge on any atom is 0.257 e. The number of carbonyl (C=O) groups is 1. The summed E-state index contributed by atoms with van der Waals surface area (Å²) in [6.45, 7) is 2.90. The highest BCUT2D eigenvalue weighted by Crippen LogP contribution is 2.24. The Labute approximate surface area is 99.7 Å². The lowest BCUT2D eigenvalue weighted by Gasteiger charge is -2.18. The van der Waals surface area contributed by atoms with Crippen LogP contribution in [0.1, 0.15) is 23.7 Å². The Balaban J connectivity index is 2.10. The van der Waals surface area contributed by atoms with Gasteiger partial charge in [0.2, 0.25) is 0 Å². The quantitative estimate of drug-likeness (QED) is 0.790. The molecule has 0 saturated carbocycles. The topological polar surface area (TPSA) is 73.7 Å². The molecule has 1 saturated heterocycles. The first-order valence-corrected chi connectivity index (χ1v) is 5.70. The molecule has 2 heterocycles. The summed E-state index contributed by atoms with van der Waals surface area (Å²) in [6, 6.07) is 1.51. The van der Waals surface area contributed by atoms with Crippen molar-refractivity contribution in [1.29, 1.82) is 0 Å². The zero-order valence-corrected chi connectivity index (χ0v) is 9.71. The molecule has 2 unspecified atom stereocenters. The highest BCUT2D eigenvalue weighted by molar-refractivity contribution is 5.96. The Morgan fingerprint density at radius 3 is 3.00 bits per heavy atom. The monoisotopic (exact) mass is 236 g/mol. The van der Waals surface area contributed by atoms with Crippen molar-refractivity contribution in [2.45, 2.75) is 19.4 Å². The van der Waals surface area contributed by atoms with Crippen LogP contribution in [0.2, 0.25) is 0 Å². The van der Waals surface area contributed by atoms with E-state index in [1.165, 1.54) is 18.5 Å². The molecular formula is C12H16N2O3. The van der Waals surface area contributed by atoms with E-state index < -0.39 is 6.10 Å². The van der Waals surface area contributed by atoms with Crippen LogP contribution < -0.4 is 0 Å². The van der Waals surface area contributed by atoms with E-state index in [0.717, 1.165) is 6.42 Å². The average Bonchev–Trinajstić information content (AvgIpc) is 2.78. The molecule has 1 aliphatic heterocycles. The standard InChI is InChI=1S/C12H16N2O3/c1-8(15)9-3-5-14(7-9)12(17)10-2-4-13-6-11(10)16/h2,4,6,8-9,15-16H,3,5,7H2,1H3. The highest BCUT2D eigenvalue weighted by atomic mass is 16.3. The molecule has 5 nitrogen and oxygen atoms in total. The van der Waals surface area contributed by atoms with Crippen molar-refractivity contribution in [3.8, 4) is 5.75 Å². The predicted octanol–water partition coefficient (Wildman–Crippen LogP) is 0.630. The largest absolute Gasteiger partial charge is 0.505 e. The molecule has 1 amide bonds. The normalized spacial score (nSPS) is 21.5. The first-order chi connectivity index (χ1) is 8.09. The Bertz CT molecular complexity index is 420. The van der Waals surface area contributed by atoms with E-state index in [0.29, 0.717) is 13.1 Å². The van der Waals surface area contributed by atoms with Crippen molar-refractivity contribution in [3.63, 3.8) is 0 Å². The molecule has 5 heteroatoms. The summed E-state index contributed by atoms with van der Waals surface area (Å²) in [5.74, 6) is -0.172. The number of pyridine rings is 1. The lowest BCUT2D eigenvalue weighted by molar-refractivity contribution is 0.0759. The number of rotatable bonds is 2. The summed E-state index contributed by atoms with van der Waals surface area (Å²) in [6.07, 6.45) is 3.14. The summed E-state index contributed by atoms with van der Waals surface area (Å²) in [5.41, 5.74) is 0.270. The maximum atomic E-state index is 12.1. The molecule has 0 aromatic carbocycles. The van der Waals surface area contributed by atoms with Crippen LogP contribution in [0.5, 0.6) is 5.75 Å². The van der Waals surface area contributed by atoms with Crippen molar-refractivity contribution >= 4 is 5.91 Å². The SMILES string of the molecule is CC(O)C1CCN(C(=O)c2ccncc2O)C1. The van der Waals surface area contributed by atoms with Crippen molar-refractivity contribution < 1.29 is 15.0 Å². The Morgan fingerprint density at radius 2 is 2.41 bits per heavy atom. The first kappa shape index (κ1) is 11.9. The highest BCUT2D eigenvalue weighted by Gasteiger charge is 2.30. The van der Waals surface area contributed by atoms with Crippen LogP contribution in [-0.4, -0.2) is 45.2 Å². The van der Waals surface area contributed by atoms with E-state index in [4.69, 9.17) is 0 Å². The van der Waals surface area contributed by atoms with Crippen molar-refractivity contribution in [2.24, 2.45) is 5.92 Å². The fourth-order valence-corrected chi connectivity index (χ4v) is 2.10. The zero-order chi connectivity index (χ0) is 12.4. The zero-order valence-electron chi connectivity index (χ0n) is 9.71. The van der Waals surface area contributed by atoms with Gasteiger partial charge in [-0.1, -0.05) is 0 Å². The molecule has 0 spiro atoms. The molecule has 2 atom stereocenters. The molecule has 17 heavy (non-hydrogen) atoms. The molecule has 92 valence electrons. The van der Waals surface area contributed by atoms with Gasteiger partial charge in [0.25, 0.3) is 5.91 Å². The third-order valence-corrected chi connectivity index (χ3v) is 3.22. The fourth-order valence-electron chi connectivity index (χ4n) is 2.10. The van der Waals surface area contributed by atoms with Gasteiger partial charge in [0.05, 0.1) is 17.9 Å². The lowest BCUT2D eigenvalue weighted by Crippen LogP contribution is -2.30. The second-order valence-electron chi connectivity index (χ2n) is 4.43. The average molecular weight is 236 g/mol. The van der Waals surface area contributed by atoms with Gasteiger partial charge in [0.1, 0.15) is 5.75 Å². The Morgan fingerprint density at radius 1 is 1.65 bits per heavy atom. The van der Waals surface area contributed by atoms with Gasteiger partial charge in [-0.25, -0.2) is 0 Å². The number of hydrogen-bond donors (Lipinski definition) is 2. The smallest absolute Gasteiger partial charge is 0.257 e. The minimum absolute atomic E-state index is 0.0991. The van der Waals surface area contributed by atoms with Gasteiger partial charge in [-0.05, 0) is 19.4 Å². The third kappa shape index (κ3) is 2.39. The molecule has 2 N–H and O–H groups in total. The van der Waals surface area contributed by atoms with Gasteiger partial charge in [-0.15, -0.1) is 0 Å². The van der Waals surface area contributed by atoms with Crippen LogP contribution in [0.4, 0.5) is 0 Å². The first-order valence-electron chi connectivity index (χ1n) is 5.70. The van der Waals surface area contributed by atoms with Crippen LogP contribution >= 0.6 is 0 Å². The van der Waals surface area contributed by atoms with Crippen LogP contribution in [0.3, 0.4) is 0 Å². The minimum Gasteiger partial charge on any atom is -0.505 e. The number of amides is 1. The number of nitrogens with zero attached hydrogens (tertiary/aromatic N) is 2. The van der Waals surface area contributed by atoms with Gasteiger partial charge < -0.3 is 15.1 Å². The number of aliphatic hydroxyl groups excluding tert-OH is 1. The third-order valence-electron chi connectivity index (χ3n) is 3.22. The molecule has 2 rings (SSSR count). The van der Waals surface area contributed by atoms with E-state index in [-0.39, 0.29) is 23.1 Å². The summed E-state index contributed by atoms with van der Waals surface area (Å²) >= 11 is 0. The van der Waals surface area contributed by atoms with E-state index in [1.54, 1.807) is 11.8 Å². The van der Waals surface area contributed by atoms with E-state index in [1.807, 2.05) is 0 Å². The van der Waals surface area contributed by atoms with Gasteiger partial charge in [0.15, 0.2) is 0 Å². The van der Waals surface area contributed by atoms with Crippen LogP contribution in [0.15, 0.2) is 18.5 Å². The van der Waals surface area contributed by atoms with Crippen LogP contribution in [0.25, 0.3) is 0 Å². The number of aromatic nitrogens is 1. The van der Waals surface area contributed by atoms with Crippen molar-refractivity contribution in [1.82, 2.24) is 9.88 Å². The number of likely N-dealkylation sites (tertiary alicyclic amines) is 1. The van der Waals surface area contributed by atoms with Crippen molar-refractivity contribution in [2.75, 3.05) is 13.1 Å². The summed E-state index contributed by atoms with van der Waals surface area (Å²) < 4.78 is 0. The van der Waals surface area contributed by atoms with Crippen LogP contribution in [-0.2, 0) is 0 Å². The number of aromatic hydroxyl groups is 1. The molecule has 0 bridgehead atoms. The molecule has 1 aromatic rings. The number of hydrogen-bond acceptors (Lipinski definition) is 4. The minimum atomic E-state index is -0.404. The second kappa shape index (κ2) is 4.71. The molecule has 1 aromatic heterocycles. The van der Waals surface area contributed by atoms with Crippen molar-refractivity contribution in [3.05, 3.63) is 24.0 Å².